The maximum atomic E-state index is 13.0. The van der Waals surface area contributed by atoms with Gasteiger partial charge in [-0.05, 0) is 49.9 Å². The summed E-state index contributed by atoms with van der Waals surface area (Å²) in [6.45, 7) is 0. The van der Waals surface area contributed by atoms with Crippen molar-refractivity contribution in [2.75, 3.05) is 6.26 Å². The van der Waals surface area contributed by atoms with Gasteiger partial charge in [-0.25, -0.2) is 8.60 Å². The van der Waals surface area contributed by atoms with E-state index < -0.39 is 26.9 Å². The first kappa shape index (κ1) is 16.1. The van der Waals surface area contributed by atoms with E-state index in [1.807, 2.05) is 0 Å². The molecule has 0 heterocycles. The molecule has 0 aromatic heterocycles. The molecular formula is C16H19FN2O3S. The van der Waals surface area contributed by atoms with Gasteiger partial charge in [-0.3, -0.25) is 9.59 Å². The molecule has 2 fully saturated rings. The van der Waals surface area contributed by atoms with Gasteiger partial charge in [0.1, 0.15) is 11.2 Å². The highest BCUT2D eigenvalue weighted by Gasteiger charge is 2.52. The largest absolute Gasteiger partial charge is 0.352 e. The number of nitrogens with one attached hydrogen (secondary N) is 1. The molecule has 1 atom stereocenters. The Bertz CT molecular complexity index is 758. The third-order valence-corrected chi connectivity index (χ3v) is 6.13. The number of carbonyl (C=O) groups is 2. The van der Waals surface area contributed by atoms with Gasteiger partial charge in [-0.1, -0.05) is 6.42 Å². The van der Waals surface area contributed by atoms with Crippen LogP contribution in [0, 0.1) is 11.2 Å². The highest BCUT2D eigenvalue weighted by Crippen LogP contribution is 2.43. The Labute approximate surface area is 134 Å². The molecule has 0 saturated heterocycles. The first-order valence-electron chi connectivity index (χ1n) is 7.67. The molecule has 23 heavy (non-hydrogen) atoms. The summed E-state index contributed by atoms with van der Waals surface area (Å²) in [5, 5.41) is 2.85. The predicted octanol–water partition coefficient (Wildman–Crippen LogP) is 2.26. The van der Waals surface area contributed by atoms with E-state index in [0.29, 0.717) is 12.8 Å². The molecule has 1 unspecified atom stereocenters. The zero-order chi connectivity index (χ0) is 16.7. The normalized spacial score (nSPS) is 21.7. The van der Waals surface area contributed by atoms with Crippen molar-refractivity contribution in [1.29, 1.82) is 0 Å². The molecule has 0 spiro atoms. The highest BCUT2D eigenvalue weighted by atomic mass is 32.2. The summed E-state index contributed by atoms with van der Waals surface area (Å²) in [6.07, 6.45) is 4.87. The van der Waals surface area contributed by atoms with E-state index in [1.165, 1.54) is 30.5 Å². The Balaban J connectivity index is 1.87. The standard InChI is InChI=1S/C16H19FN2O3S/c1-23(22,13-7-3-11(17)4-8-13)19-15(21)16(9-2-10-16)14(20)18-12-5-6-12/h3-4,7-8,12H,2,5-6,9-10H2,1H3,(H,18,20). The quantitative estimate of drug-likeness (QED) is 0.856. The maximum Gasteiger partial charge on any atom is 0.269 e. The second kappa shape index (κ2) is 5.70. The molecule has 0 bridgehead atoms. The fourth-order valence-corrected chi connectivity index (χ4v) is 3.84. The molecule has 3 rings (SSSR count). The summed E-state index contributed by atoms with van der Waals surface area (Å²) < 4.78 is 29.5. The number of halogens is 1. The van der Waals surface area contributed by atoms with Gasteiger partial charge < -0.3 is 5.32 Å². The molecule has 2 amide bonds. The lowest BCUT2D eigenvalue weighted by molar-refractivity contribution is -0.147. The van der Waals surface area contributed by atoms with E-state index in [1.54, 1.807) is 0 Å². The number of hydrogen-bond donors (Lipinski definition) is 1. The molecule has 7 heteroatoms. The van der Waals surface area contributed by atoms with Crippen molar-refractivity contribution < 1.29 is 18.2 Å². The summed E-state index contributed by atoms with van der Waals surface area (Å²) in [5.74, 6) is -1.37. The second-order valence-corrected chi connectivity index (χ2v) is 8.60. The average molecular weight is 338 g/mol. The van der Waals surface area contributed by atoms with Crippen LogP contribution in [0.4, 0.5) is 4.39 Å². The number of rotatable bonds is 4. The van der Waals surface area contributed by atoms with Gasteiger partial charge in [-0.15, -0.1) is 0 Å². The van der Waals surface area contributed by atoms with Crippen LogP contribution < -0.4 is 5.32 Å². The Morgan fingerprint density at radius 1 is 1.26 bits per heavy atom. The number of benzene rings is 1. The maximum absolute atomic E-state index is 13.0. The third kappa shape index (κ3) is 3.15. The zero-order valence-corrected chi connectivity index (χ0v) is 13.7. The van der Waals surface area contributed by atoms with Crippen LogP contribution in [0.15, 0.2) is 33.5 Å². The SMILES string of the molecule is CS(=O)(=NC(=O)C1(C(=O)NC2CC2)CCC1)c1ccc(F)cc1. The van der Waals surface area contributed by atoms with Crippen molar-refractivity contribution in [2.24, 2.45) is 9.78 Å². The monoisotopic (exact) mass is 338 g/mol. The van der Waals surface area contributed by atoms with E-state index in [-0.39, 0.29) is 16.8 Å². The topological polar surface area (TPSA) is 75.6 Å². The number of carbonyl (C=O) groups excluding carboxylic acids is 2. The molecule has 124 valence electrons. The summed E-state index contributed by atoms with van der Waals surface area (Å²) in [4.78, 5) is 25.2. The van der Waals surface area contributed by atoms with E-state index >= 15 is 0 Å². The molecule has 0 aliphatic heterocycles. The molecule has 5 nitrogen and oxygen atoms in total. The zero-order valence-electron chi connectivity index (χ0n) is 12.9. The van der Waals surface area contributed by atoms with Crippen molar-refractivity contribution >= 4 is 21.5 Å². The van der Waals surface area contributed by atoms with E-state index in [2.05, 4.69) is 9.68 Å². The Morgan fingerprint density at radius 3 is 2.35 bits per heavy atom. The molecule has 2 aliphatic carbocycles. The van der Waals surface area contributed by atoms with Crippen molar-refractivity contribution in [3.05, 3.63) is 30.1 Å². The van der Waals surface area contributed by atoms with E-state index in [9.17, 15) is 18.2 Å². The van der Waals surface area contributed by atoms with E-state index in [4.69, 9.17) is 0 Å². The van der Waals surface area contributed by atoms with E-state index in [0.717, 1.165) is 19.3 Å². The second-order valence-electron chi connectivity index (χ2n) is 6.34. The van der Waals surface area contributed by atoms with Gasteiger partial charge >= 0.3 is 0 Å². The first-order chi connectivity index (χ1) is 10.8. The van der Waals surface area contributed by atoms with Crippen molar-refractivity contribution in [3.8, 4) is 0 Å². The predicted molar refractivity (Wildman–Crippen MR) is 83.6 cm³/mol. The average Bonchev–Trinajstić information content (AvgIpc) is 3.21. The highest BCUT2D eigenvalue weighted by molar-refractivity contribution is 7.93. The third-order valence-electron chi connectivity index (χ3n) is 4.47. The molecule has 1 aromatic rings. The van der Waals surface area contributed by atoms with Crippen molar-refractivity contribution in [2.45, 2.75) is 43.0 Å². The first-order valence-corrected chi connectivity index (χ1v) is 9.59. The molecule has 2 saturated carbocycles. The van der Waals surface area contributed by atoms with Gasteiger partial charge in [0.2, 0.25) is 5.91 Å². The summed E-state index contributed by atoms with van der Waals surface area (Å²) in [6, 6.07) is 5.23. The van der Waals surface area contributed by atoms with Crippen LogP contribution in [0.25, 0.3) is 0 Å². The molecule has 0 radical (unpaired) electrons. The Morgan fingerprint density at radius 2 is 1.87 bits per heavy atom. The lowest BCUT2D eigenvalue weighted by atomic mass is 9.67. The summed E-state index contributed by atoms with van der Waals surface area (Å²) in [7, 11) is -3.00. The molecular weight excluding hydrogens is 319 g/mol. The molecule has 1 aromatic carbocycles. The Kier molecular flexibility index (Phi) is 4.00. The van der Waals surface area contributed by atoms with Gasteiger partial charge in [0.05, 0.1) is 9.73 Å². The minimum Gasteiger partial charge on any atom is -0.352 e. The smallest absolute Gasteiger partial charge is 0.269 e. The number of nitrogens with zero attached hydrogens (tertiary/aromatic N) is 1. The van der Waals surface area contributed by atoms with Gasteiger partial charge in [-0.2, -0.15) is 4.36 Å². The molecule has 2 aliphatic rings. The Hall–Kier alpha value is -1.76. The van der Waals surface area contributed by atoms with Crippen LogP contribution in [0.3, 0.4) is 0 Å². The molecule has 1 N–H and O–H groups in total. The minimum atomic E-state index is -3.00. The minimum absolute atomic E-state index is 0.163. The van der Waals surface area contributed by atoms with Crippen LogP contribution in [0.1, 0.15) is 32.1 Å². The summed E-state index contributed by atoms with van der Waals surface area (Å²) >= 11 is 0. The lowest BCUT2D eigenvalue weighted by Crippen LogP contribution is -2.51. The van der Waals surface area contributed by atoms with Gasteiger partial charge in [0.15, 0.2) is 0 Å². The van der Waals surface area contributed by atoms with Gasteiger partial charge in [0, 0.05) is 17.2 Å². The van der Waals surface area contributed by atoms with Crippen LogP contribution >= 0.6 is 0 Å². The number of amides is 2. The van der Waals surface area contributed by atoms with Crippen LogP contribution in [-0.4, -0.2) is 28.3 Å². The van der Waals surface area contributed by atoms with Crippen LogP contribution in [0.2, 0.25) is 0 Å². The van der Waals surface area contributed by atoms with Crippen LogP contribution in [0.5, 0.6) is 0 Å². The fourth-order valence-electron chi connectivity index (χ4n) is 2.60. The van der Waals surface area contributed by atoms with Crippen molar-refractivity contribution in [1.82, 2.24) is 5.32 Å². The lowest BCUT2D eigenvalue weighted by Gasteiger charge is -2.37. The van der Waals surface area contributed by atoms with Crippen molar-refractivity contribution in [3.63, 3.8) is 0 Å². The fraction of sp³-hybridized carbons (Fsp3) is 0.500. The van der Waals surface area contributed by atoms with Crippen LogP contribution in [-0.2, 0) is 19.3 Å². The van der Waals surface area contributed by atoms with Gasteiger partial charge in [0.25, 0.3) is 5.91 Å². The summed E-state index contributed by atoms with van der Waals surface area (Å²) in [5.41, 5.74) is -1.17. The number of hydrogen-bond acceptors (Lipinski definition) is 3.